The smallest absolute Gasteiger partial charge is 0.244 e. The first-order valence-electron chi connectivity index (χ1n) is 19.3. The fourth-order valence-corrected chi connectivity index (χ4v) is 7.25. The predicted molar refractivity (Wildman–Crippen MR) is 222 cm³/mol. The van der Waals surface area contributed by atoms with Gasteiger partial charge < -0.3 is 24.6 Å². The lowest BCUT2D eigenvalue weighted by Gasteiger charge is -2.37. The van der Waals surface area contributed by atoms with Crippen LogP contribution < -0.4 is 14.8 Å². The van der Waals surface area contributed by atoms with Crippen molar-refractivity contribution in [2.24, 2.45) is 11.3 Å². The maximum absolute atomic E-state index is 12.6. The molecule has 54 heavy (non-hydrogen) atoms. The van der Waals surface area contributed by atoms with E-state index < -0.39 is 5.60 Å². The van der Waals surface area contributed by atoms with Gasteiger partial charge in [0.2, 0.25) is 5.91 Å². The maximum atomic E-state index is 12.6. The first-order chi connectivity index (χ1) is 26.0. The number of carbonyl (C=O) groups is 1. The summed E-state index contributed by atoms with van der Waals surface area (Å²) in [6.45, 7) is 11.9. The van der Waals surface area contributed by atoms with Gasteiger partial charge in [-0.1, -0.05) is 116 Å². The minimum Gasteiger partial charge on any atom is -0.497 e. The number of benzene rings is 3. The highest BCUT2D eigenvalue weighted by atomic mass is 16.5. The summed E-state index contributed by atoms with van der Waals surface area (Å²) in [5.74, 6) is 1.33. The molecule has 1 aliphatic rings. The van der Waals surface area contributed by atoms with Gasteiger partial charge in [0.25, 0.3) is 0 Å². The Kier molecular flexibility index (Phi) is 16.1. The van der Waals surface area contributed by atoms with Crippen LogP contribution in [0.3, 0.4) is 0 Å². The summed E-state index contributed by atoms with van der Waals surface area (Å²) in [5, 5.41) is 13.5. The zero-order valence-electron chi connectivity index (χ0n) is 33.5. The number of aliphatic hydroxyl groups is 1. The Morgan fingerprint density at radius 3 is 2.06 bits per heavy atom. The molecule has 0 spiro atoms. The van der Waals surface area contributed by atoms with Crippen LogP contribution in [0, 0.1) is 11.3 Å². The van der Waals surface area contributed by atoms with E-state index in [0.29, 0.717) is 13.2 Å². The Hall–Kier alpha value is -4.65. The fraction of sp³-hybridized carbons (Fsp3) is 0.396. The third-order valence-corrected chi connectivity index (χ3v) is 10.4. The Balaban J connectivity index is 1.33. The number of hydrogen-bond donors (Lipinski definition) is 2. The largest absolute Gasteiger partial charge is 0.497 e. The molecule has 3 aromatic carbocycles. The number of aliphatic hydroxyl groups excluding tert-OH is 1. The van der Waals surface area contributed by atoms with E-state index in [1.807, 2.05) is 85.8 Å². The molecule has 0 radical (unpaired) electrons. The Morgan fingerprint density at radius 1 is 0.870 bits per heavy atom. The summed E-state index contributed by atoms with van der Waals surface area (Å²) in [4.78, 5) is 12.6. The van der Waals surface area contributed by atoms with Crippen molar-refractivity contribution < 1.29 is 24.1 Å². The van der Waals surface area contributed by atoms with Crippen molar-refractivity contribution in [3.05, 3.63) is 154 Å². The van der Waals surface area contributed by atoms with Crippen LogP contribution in [-0.4, -0.2) is 45.0 Å². The Bertz CT molecular complexity index is 1730. The molecule has 6 heteroatoms. The number of allylic oxidation sites excluding steroid dienone is 9. The molecule has 0 aliphatic heterocycles. The lowest BCUT2D eigenvalue weighted by molar-refractivity contribution is -0.116. The highest BCUT2D eigenvalue weighted by Gasteiger charge is 2.38. The molecule has 288 valence electrons. The number of unbranched alkanes of at least 4 members (excludes halogenated alkanes) is 1. The summed E-state index contributed by atoms with van der Waals surface area (Å²) in [7, 11) is 3.31. The normalized spacial score (nSPS) is 15.9. The second-order valence-corrected chi connectivity index (χ2v) is 15.1. The summed E-state index contributed by atoms with van der Waals surface area (Å²) < 4.78 is 17.9. The molecule has 3 aromatic rings. The van der Waals surface area contributed by atoms with Crippen LogP contribution in [0.15, 0.2) is 138 Å². The van der Waals surface area contributed by atoms with Gasteiger partial charge in [-0.05, 0) is 110 Å². The third-order valence-electron chi connectivity index (χ3n) is 10.4. The number of amides is 1. The quantitative estimate of drug-likeness (QED) is 0.0556. The van der Waals surface area contributed by atoms with Crippen molar-refractivity contribution in [1.29, 1.82) is 0 Å². The SMILES string of the molecule is COc1ccc(C(OCC(CO)CCCCNC(=O)/C=C(C)/C=C/C=C(C)/C=C/C2=C(C)CCCC2(C)C)(c2ccccc2)c2ccc(OC)cc2)cc1. The first-order valence-corrected chi connectivity index (χ1v) is 19.3. The topological polar surface area (TPSA) is 77.0 Å². The molecular formula is C48H61NO5. The highest BCUT2D eigenvalue weighted by molar-refractivity contribution is 5.88. The van der Waals surface area contributed by atoms with E-state index in [2.05, 4.69) is 63.4 Å². The summed E-state index contributed by atoms with van der Waals surface area (Å²) in [6, 6.07) is 26.1. The average molecular weight is 732 g/mol. The average Bonchev–Trinajstić information content (AvgIpc) is 3.17. The molecule has 2 N–H and O–H groups in total. The number of methoxy groups -OCH3 is 2. The van der Waals surface area contributed by atoms with Crippen LogP contribution >= 0.6 is 0 Å². The second kappa shape index (κ2) is 20.7. The molecule has 1 atom stereocenters. The van der Waals surface area contributed by atoms with Crippen molar-refractivity contribution in [2.75, 3.05) is 34.0 Å². The fourth-order valence-electron chi connectivity index (χ4n) is 7.25. The van der Waals surface area contributed by atoms with Crippen molar-refractivity contribution in [2.45, 2.75) is 78.7 Å². The molecule has 0 saturated heterocycles. The molecule has 4 rings (SSSR count). The lowest BCUT2D eigenvalue weighted by atomic mass is 9.72. The zero-order valence-corrected chi connectivity index (χ0v) is 33.5. The maximum Gasteiger partial charge on any atom is 0.244 e. The van der Waals surface area contributed by atoms with E-state index in [1.165, 1.54) is 36.0 Å². The number of ether oxygens (including phenoxy) is 3. The van der Waals surface area contributed by atoms with E-state index in [4.69, 9.17) is 14.2 Å². The highest BCUT2D eigenvalue weighted by Crippen LogP contribution is 2.43. The number of carbonyl (C=O) groups excluding carboxylic acids is 1. The second-order valence-electron chi connectivity index (χ2n) is 15.1. The minimum absolute atomic E-state index is 0.00405. The van der Waals surface area contributed by atoms with Gasteiger partial charge in [0.15, 0.2) is 0 Å². The van der Waals surface area contributed by atoms with Crippen LogP contribution in [-0.2, 0) is 15.1 Å². The van der Waals surface area contributed by atoms with E-state index in [0.717, 1.165) is 53.0 Å². The molecule has 0 fully saturated rings. The molecule has 1 unspecified atom stereocenters. The molecule has 0 bridgehead atoms. The van der Waals surface area contributed by atoms with Gasteiger partial charge in [-0.15, -0.1) is 0 Å². The van der Waals surface area contributed by atoms with Gasteiger partial charge in [0.05, 0.1) is 20.8 Å². The monoisotopic (exact) mass is 731 g/mol. The van der Waals surface area contributed by atoms with E-state index in [1.54, 1.807) is 20.3 Å². The van der Waals surface area contributed by atoms with Crippen molar-refractivity contribution in [3.63, 3.8) is 0 Å². The molecular weight excluding hydrogens is 671 g/mol. The predicted octanol–water partition coefficient (Wildman–Crippen LogP) is 10.4. The summed E-state index contributed by atoms with van der Waals surface area (Å²) in [5.41, 5.74) is 7.18. The van der Waals surface area contributed by atoms with Crippen LogP contribution in [0.2, 0.25) is 0 Å². The molecule has 0 heterocycles. The van der Waals surface area contributed by atoms with Gasteiger partial charge >= 0.3 is 0 Å². The van der Waals surface area contributed by atoms with E-state index >= 15 is 0 Å². The van der Waals surface area contributed by atoms with Crippen LogP contribution in [0.1, 0.15) is 89.8 Å². The first kappa shape index (κ1) is 42.1. The van der Waals surface area contributed by atoms with Crippen molar-refractivity contribution in [1.82, 2.24) is 5.32 Å². The Morgan fingerprint density at radius 2 is 1.48 bits per heavy atom. The number of hydrogen-bond acceptors (Lipinski definition) is 5. The zero-order chi connectivity index (χ0) is 39.0. The number of rotatable bonds is 19. The molecule has 1 amide bonds. The molecule has 6 nitrogen and oxygen atoms in total. The summed E-state index contributed by atoms with van der Waals surface area (Å²) in [6.07, 6.45) is 18.2. The van der Waals surface area contributed by atoms with Gasteiger partial charge in [-0.2, -0.15) is 0 Å². The lowest BCUT2D eigenvalue weighted by Crippen LogP contribution is -2.35. The molecule has 1 aliphatic carbocycles. The van der Waals surface area contributed by atoms with Crippen LogP contribution in [0.5, 0.6) is 11.5 Å². The van der Waals surface area contributed by atoms with Gasteiger partial charge in [-0.25, -0.2) is 0 Å². The van der Waals surface area contributed by atoms with Gasteiger partial charge in [0, 0.05) is 25.1 Å². The van der Waals surface area contributed by atoms with E-state index in [9.17, 15) is 9.90 Å². The Labute approximate surface area is 324 Å². The standard InChI is InChI=1S/C48H61NO5/c1-36(21-30-45-38(3)17-14-31-47(45,4)5)15-13-16-37(2)33-46(51)49-32-12-11-18-39(34-50)35-54-48(40-19-9-8-10-20-40,41-22-26-43(52-6)27-23-41)42-24-28-44(53-7)29-25-42/h8-10,13,15-16,19-30,33,39,50H,11-12,14,17-18,31-32,34-35H2,1-7H3,(H,49,51)/b16-13+,30-21+,36-15+,37-33+. The van der Waals surface area contributed by atoms with Crippen molar-refractivity contribution in [3.8, 4) is 11.5 Å². The van der Waals surface area contributed by atoms with Crippen molar-refractivity contribution >= 4 is 5.91 Å². The van der Waals surface area contributed by atoms with Gasteiger partial charge in [-0.3, -0.25) is 4.79 Å². The van der Waals surface area contributed by atoms with E-state index in [-0.39, 0.29) is 23.8 Å². The third kappa shape index (κ3) is 11.7. The van der Waals surface area contributed by atoms with Crippen LogP contribution in [0.4, 0.5) is 0 Å². The molecule has 0 saturated carbocycles. The summed E-state index contributed by atoms with van der Waals surface area (Å²) >= 11 is 0. The number of nitrogens with one attached hydrogen (secondary N) is 1. The van der Waals surface area contributed by atoms with Crippen LogP contribution in [0.25, 0.3) is 0 Å². The van der Waals surface area contributed by atoms with Gasteiger partial charge in [0.1, 0.15) is 17.1 Å². The molecule has 0 aromatic heterocycles. The minimum atomic E-state index is -0.936.